The van der Waals surface area contributed by atoms with Gasteiger partial charge in [-0.3, -0.25) is 0 Å². The monoisotopic (exact) mass is 384 g/mol. The average Bonchev–Trinajstić information content (AvgIpc) is 2.94. The second kappa shape index (κ2) is 7.26. The summed E-state index contributed by atoms with van der Waals surface area (Å²) in [6.45, 7) is 4.46. The first-order valence-corrected chi connectivity index (χ1v) is 6.85. The summed E-state index contributed by atoms with van der Waals surface area (Å²) >= 11 is 1.84. The summed E-state index contributed by atoms with van der Waals surface area (Å²) in [7, 11) is 0. The van der Waals surface area contributed by atoms with Crippen LogP contribution in [0.2, 0.25) is 0 Å². The number of thioether (sulfide) groups is 1. The van der Waals surface area contributed by atoms with E-state index in [1.807, 2.05) is 24.4 Å². The second-order valence-corrected chi connectivity index (χ2v) is 5.56. The van der Waals surface area contributed by atoms with Crippen molar-refractivity contribution < 1.29 is 83.1 Å². The average molecular weight is 384 g/mol. The molecule has 0 saturated carbocycles. The van der Waals surface area contributed by atoms with Gasteiger partial charge < -0.3 is 14.2 Å². The Labute approximate surface area is 171 Å². The van der Waals surface area contributed by atoms with Crippen molar-refractivity contribution >= 4 is 11.8 Å². The molecule has 0 spiro atoms. The maximum absolute atomic E-state index is 5.56. The predicted molar refractivity (Wildman–Crippen MR) is 66.8 cm³/mol. The van der Waals surface area contributed by atoms with Crippen molar-refractivity contribution in [2.75, 3.05) is 6.79 Å². The van der Waals surface area contributed by atoms with Gasteiger partial charge in [0.15, 0.2) is 11.5 Å². The molecule has 0 aliphatic carbocycles. The van der Waals surface area contributed by atoms with E-state index in [-0.39, 0.29) is 68.9 Å². The molecule has 2 aliphatic heterocycles. The van der Waals surface area contributed by atoms with E-state index in [9.17, 15) is 0 Å². The third-order valence-electron chi connectivity index (χ3n) is 2.90. The molecule has 0 N–H and O–H groups in total. The third kappa shape index (κ3) is 3.85. The number of hydrogen-bond acceptors (Lipinski definition) is 4. The molecule has 2 heterocycles. The van der Waals surface area contributed by atoms with Gasteiger partial charge in [0.25, 0.3) is 0 Å². The minimum atomic E-state index is 0. The van der Waals surface area contributed by atoms with E-state index in [0.717, 1.165) is 23.7 Å². The van der Waals surface area contributed by atoms with Crippen molar-refractivity contribution in [2.45, 2.75) is 24.5 Å². The minimum Gasteiger partial charge on any atom is -0.542 e. The zero-order valence-corrected chi connectivity index (χ0v) is 17.8. The Morgan fingerprint density at radius 1 is 1.33 bits per heavy atom. The van der Waals surface area contributed by atoms with E-state index in [1.165, 1.54) is 5.56 Å². The first-order valence-electron chi connectivity index (χ1n) is 5.80. The van der Waals surface area contributed by atoms with E-state index in [2.05, 4.69) is 19.1 Å². The molecule has 18 heavy (non-hydrogen) atoms. The van der Waals surface area contributed by atoms with Crippen LogP contribution in [0.5, 0.6) is 11.5 Å². The van der Waals surface area contributed by atoms with Gasteiger partial charge in [0.2, 0.25) is 6.79 Å². The van der Waals surface area contributed by atoms with E-state index in [0.29, 0.717) is 18.1 Å². The summed E-state index contributed by atoms with van der Waals surface area (Å²) in [5.74, 6) is 3.22. The van der Waals surface area contributed by atoms with Crippen LogP contribution in [-0.4, -0.2) is 12.2 Å². The van der Waals surface area contributed by atoms with Crippen LogP contribution < -0.4 is 78.4 Å². The van der Waals surface area contributed by atoms with Gasteiger partial charge in [0.1, 0.15) is 0 Å². The topological polar surface area (TPSA) is 27.7 Å². The fourth-order valence-corrected chi connectivity index (χ4v) is 3.10. The maximum Gasteiger partial charge on any atom is 1.00 e. The molecule has 5 heteroatoms. The molecular formula is C13H15CsO3S. The molecule has 0 aromatic heterocycles. The van der Waals surface area contributed by atoms with E-state index >= 15 is 0 Å². The van der Waals surface area contributed by atoms with Crippen LogP contribution >= 0.6 is 11.8 Å². The third-order valence-corrected chi connectivity index (χ3v) is 4.08. The summed E-state index contributed by atoms with van der Waals surface area (Å²) in [5, 5.41) is 0. The summed E-state index contributed by atoms with van der Waals surface area (Å²) in [4.78, 5) is 0. The number of hydrogen-bond donors (Lipinski definition) is 0. The molecule has 1 aromatic carbocycles. The molecule has 0 amide bonds. The van der Waals surface area contributed by atoms with Gasteiger partial charge in [-0.2, -0.15) is 0 Å². The maximum atomic E-state index is 5.56. The number of fused-ring (bicyclic) bond motifs is 1. The molecule has 92 valence electrons. The van der Waals surface area contributed by atoms with Crippen LogP contribution in [0, 0.1) is 12.5 Å². The van der Waals surface area contributed by atoms with Crippen molar-refractivity contribution in [2.24, 2.45) is 5.92 Å². The Morgan fingerprint density at radius 3 is 2.94 bits per heavy atom. The molecule has 1 saturated heterocycles. The van der Waals surface area contributed by atoms with E-state index in [4.69, 9.17) is 14.2 Å². The van der Waals surface area contributed by atoms with Gasteiger partial charge in [-0.05, 0) is 24.1 Å². The van der Waals surface area contributed by atoms with Gasteiger partial charge in [-0.25, -0.2) is 6.61 Å². The zero-order valence-electron chi connectivity index (χ0n) is 10.7. The molecule has 0 bridgehead atoms. The van der Waals surface area contributed by atoms with Crippen molar-refractivity contribution in [1.82, 2.24) is 0 Å². The van der Waals surface area contributed by atoms with Gasteiger partial charge >= 0.3 is 68.9 Å². The largest absolute Gasteiger partial charge is 1.00 e. The Bertz CT molecular complexity index is 413. The molecular weight excluding hydrogens is 369 g/mol. The van der Waals surface area contributed by atoms with E-state index in [1.54, 1.807) is 0 Å². The van der Waals surface area contributed by atoms with Crippen molar-refractivity contribution in [3.05, 3.63) is 30.4 Å². The van der Waals surface area contributed by atoms with Gasteiger partial charge in [0, 0.05) is 5.75 Å². The zero-order chi connectivity index (χ0) is 11.7. The molecule has 1 aromatic rings. The minimum absolute atomic E-state index is 0. The van der Waals surface area contributed by atoms with Crippen molar-refractivity contribution in [3.8, 4) is 11.5 Å². The molecule has 2 atom stereocenters. The van der Waals surface area contributed by atoms with Crippen LogP contribution in [0.15, 0.2) is 18.2 Å². The van der Waals surface area contributed by atoms with Crippen LogP contribution in [0.4, 0.5) is 0 Å². The number of ether oxygens (including phenoxy) is 3. The summed E-state index contributed by atoms with van der Waals surface area (Å²) in [6, 6.07) is 6.11. The van der Waals surface area contributed by atoms with Crippen LogP contribution in [0.25, 0.3) is 0 Å². The predicted octanol–water partition coefficient (Wildman–Crippen LogP) is 0.197. The standard InChI is InChI=1S/C13H15O3S.Cs/c1-9-4-13(14-6-9)17-7-10-2-3-11-12(5-10)16-8-15-11;/h2-3,5-6,9,13H,4,7-8H2,1H3;/q-1;+1/t9-,13?;/m1./s1. The fourth-order valence-electron chi connectivity index (χ4n) is 1.96. The Kier molecular flexibility index (Phi) is 6.28. The fraction of sp³-hybridized carbons (Fsp3) is 0.462. The molecule has 3 nitrogen and oxygen atoms in total. The SMILES string of the molecule is C[C@H]1[CH-]OC(SCc2ccc3c(c2)OCO3)C1.[Cs+]. The van der Waals surface area contributed by atoms with Crippen molar-refractivity contribution in [1.29, 1.82) is 0 Å². The molecule has 3 rings (SSSR count). The first kappa shape index (κ1) is 15.6. The Hall–Kier alpha value is 1.18. The number of benzene rings is 1. The summed E-state index contributed by atoms with van der Waals surface area (Å²) in [5.41, 5.74) is 1.55. The normalized spacial score (nSPS) is 24.9. The molecule has 2 aliphatic rings. The molecule has 1 unspecified atom stereocenters. The molecule has 0 radical (unpaired) electrons. The van der Waals surface area contributed by atoms with Crippen LogP contribution in [0.1, 0.15) is 18.9 Å². The van der Waals surface area contributed by atoms with Crippen molar-refractivity contribution in [3.63, 3.8) is 0 Å². The Balaban J connectivity index is 0.00000120. The summed E-state index contributed by atoms with van der Waals surface area (Å²) in [6.07, 6.45) is 1.11. The summed E-state index contributed by atoms with van der Waals surface area (Å²) < 4.78 is 16.2. The van der Waals surface area contributed by atoms with Crippen LogP contribution in [-0.2, 0) is 10.5 Å². The quantitative estimate of drug-likeness (QED) is 0.696. The van der Waals surface area contributed by atoms with Crippen LogP contribution in [0.3, 0.4) is 0 Å². The van der Waals surface area contributed by atoms with Gasteiger partial charge in [-0.15, -0.1) is 17.7 Å². The first-order chi connectivity index (χ1) is 8.31. The smallest absolute Gasteiger partial charge is 0.542 e. The van der Waals surface area contributed by atoms with Gasteiger partial charge in [0.05, 0.1) is 5.44 Å². The second-order valence-electron chi connectivity index (χ2n) is 4.41. The number of rotatable bonds is 3. The van der Waals surface area contributed by atoms with Gasteiger partial charge in [-0.1, -0.05) is 13.0 Å². The van der Waals surface area contributed by atoms with E-state index < -0.39 is 0 Å². The molecule has 1 fully saturated rings. The Morgan fingerprint density at radius 2 is 2.17 bits per heavy atom.